The van der Waals surface area contributed by atoms with Gasteiger partial charge in [0, 0.05) is 33.9 Å². The maximum Gasteiger partial charge on any atom is 0.260 e. The SMILES string of the molecule is CC(Oc1ccccc1)C(=O)NC1CCC(Cc2ccccc2F)(N(C)C)CC1.CN(C)C1(Cc2cccc(Cl)c2)CCC(NC(=O)CSCc2ccccc2)CC1. The summed E-state index contributed by atoms with van der Waals surface area (Å²) in [5.74, 6) is 2.01. The molecule has 312 valence electrons. The number of nitrogens with one attached hydrogen (secondary N) is 2. The fourth-order valence-corrected chi connectivity index (χ4v) is 9.38. The lowest BCUT2D eigenvalue weighted by molar-refractivity contribution is -0.128. The van der Waals surface area contributed by atoms with Crippen molar-refractivity contribution in [2.75, 3.05) is 33.9 Å². The third kappa shape index (κ3) is 13.3. The molecule has 0 radical (unpaired) electrons. The highest BCUT2D eigenvalue weighted by Crippen LogP contribution is 2.37. The molecule has 10 heteroatoms. The van der Waals surface area contributed by atoms with Gasteiger partial charge in [0.2, 0.25) is 5.91 Å². The molecule has 1 atom stereocenters. The summed E-state index contributed by atoms with van der Waals surface area (Å²) >= 11 is 7.86. The van der Waals surface area contributed by atoms with Crippen LogP contribution in [-0.4, -0.2) is 84.8 Å². The molecule has 0 bridgehead atoms. The molecule has 0 saturated heterocycles. The zero-order valence-corrected chi connectivity index (χ0v) is 36.5. The Morgan fingerprint density at radius 1 is 0.741 bits per heavy atom. The minimum Gasteiger partial charge on any atom is -0.481 e. The topological polar surface area (TPSA) is 73.9 Å². The van der Waals surface area contributed by atoms with E-state index < -0.39 is 6.10 Å². The van der Waals surface area contributed by atoms with Crippen LogP contribution in [0.15, 0.2) is 109 Å². The number of nitrogens with zero attached hydrogens (tertiary/aromatic N) is 2. The summed E-state index contributed by atoms with van der Waals surface area (Å²) < 4.78 is 19.9. The first kappa shape index (κ1) is 45.2. The second-order valence-electron chi connectivity index (χ2n) is 16.5. The summed E-state index contributed by atoms with van der Waals surface area (Å²) in [5, 5.41) is 7.19. The average molecular weight is 830 g/mol. The Hall–Kier alpha value is -3.89. The van der Waals surface area contributed by atoms with Crippen LogP contribution in [-0.2, 0) is 28.2 Å². The van der Waals surface area contributed by atoms with E-state index in [1.165, 1.54) is 17.2 Å². The zero-order valence-electron chi connectivity index (χ0n) is 34.9. The lowest BCUT2D eigenvalue weighted by Gasteiger charge is -2.45. The molecule has 0 spiro atoms. The number of hydrogen-bond donors (Lipinski definition) is 2. The lowest BCUT2D eigenvalue weighted by Crippen LogP contribution is -2.53. The number of carbonyl (C=O) groups is 2. The van der Waals surface area contributed by atoms with E-state index in [1.54, 1.807) is 24.8 Å². The molecule has 4 aromatic rings. The fourth-order valence-electron chi connectivity index (χ4n) is 8.37. The molecule has 0 heterocycles. The van der Waals surface area contributed by atoms with Crippen LogP contribution in [0.3, 0.4) is 0 Å². The molecule has 7 nitrogen and oxygen atoms in total. The Morgan fingerprint density at radius 2 is 1.28 bits per heavy atom. The van der Waals surface area contributed by atoms with Gasteiger partial charge in [-0.25, -0.2) is 4.39 Å². The number of rotatable bonds is 15. The quantitative estimate of drug-likeness (QED) is 0.125. The highest BCUT2D eigenvalue weighted by molar-refractivity contribution is 7.99. The number of para-hydroxylation sites is 1. The minimum absolute atomic E-state index is 0.0877. The number of amides is 2. The first-order valence-corrected chi connectivity index (χ1v) is 22.2. The molecule has 0 aliphatic heterocycles. The third-order valence-corrected chi connectivity index (χ3v) is 13.3. The van der Waals surface area contributed by atoms with Crippen molar-refractivity contribution < 1.29 is 18.7 Å². The van der Waals surface area contributed by atoms with Crippen LogP contribution in [0.2, 0.25) is 5.02 Å². The van der Waals surface area contributed by atoms with Crippen molar-refractivity contribution in [3.63, 3.8) is 0 Å². The summed E-state index contributed by atoms with van der Waals surface area (Å²) in [6, 6.07) is 35.3. The van der Waals surface area contributed by atoms with E-state index in [0.29, 0.717) is 17.9 Å². The zero-order chi connectivity index (χ0) is 41.5. The van der Waals surface area contributed by atoms with Crippen molar-refractivity contribution in [1.82, 2.24) is 20.4 Å². The van der Waals surface area contributed by atoms with Crippen LogP contribution in [0.1, 0.15) is 75.0 Å². The van der Waals surface area contributed by atoms with E-state index in [-0.39, 0.29) is 40.8 Å². The van der Waals surface area contributed by atoms with Gasteiger partial charge in [-0.1, -0.05) is 90.5 Å². The number of benzene rings is 4. The molecule has 2 amide bonds. The van der Waals surface area contributed by atoms with Crippen LogP contribution in [0.25, 0.3) is 0 Å². The second kappa shape index (κ2) is 21.9. The van der Waals surface area contributed by atoms with Gasteiger partial charge < -0.3 is 25.2 Å². The van der Waals surface area contributed by atoms with E-state index in [1.807, 2.05) is 72.8 Å². The van der Waals surface area contributed by atoms with Crippen LogP contribution < -0.4 is 15.4 Å². The maximum absolute atomic E-state index is 14.2. The van der Waals surface area contributed by atoms with Gasteiger partial charge in [0.25, 0.3) is 5.91 Å². The Kier molecular flexibility index (Phi) is 17.1. The summed E-state index contributed by atoms with van der Waals surface area (Å²) in [6.07, 6.45) is 8.89. The van der Waals surface area contributed by atoms with Gasteiger partial charge in [-0.15, -0.1) is 11.8 Å². The molecule has 4 aromatic carbocycles. The van der Waals surface area contributed by atoms with Crippen molar-refractivity contribution in [2.24, 2.45) is 0 Å². The van der Waals surface area contributed by atoms with Gasteiger partial charge in [-0.3, -0.25) is 9.59 Å². The minimum atomic E-state index is -0.545. The Bertz CT molecular complexity index is 1870. The van der Waals surface area contributed by atoms with E-state index in [0.717, 1.165) is 74.1 Å². The molecule has 0 aromatic heterocycles. The second-order valence-corrected chi connectivity index (χ2v) is 17.9. The fraction of sp³-hybridized carbons (Fsp3) is 0.458. The first-order chi connectivity index (χ1) is 27.9. The van der Waals surface area contributed by atoms with Crippen molar-refractivity contribution in [1.29, 1.82) is 0 Å². The van der Waals surface area contributed by atoms with Crippen molar-refractivity contribution in [2.45, 2.75) is 106 Å². The number of thioether (sulfide) groups is 1. The van der Waals surface area contributed by atoms with E-state index in [4.69, 9.17) is 16.3 Å². The van der Waals surface area contributed by atoms with Gasteiger partial charge in [0.1, 0.15) is 11.6 Å². The van der Waals surface area contributed by atoms with Crippen molar-refractivity contribution >= 4 is 35.2 Å². The highest BCUT2D eigenvalue weighted by atomic mass is 35.5. The molecule has 2 saturated carbocycles. The molecule has 2 N–H and O–H groups in total. The van der Waals surface area contributed by atoms with Crippen LogP contribution >= 0.6 is 23.4 Å². The largest absolute Gasteiger partial charge is 0.481 e. The standard InChI is InChI=1S/C24H31ClN2OS.C24H31FN2O2/c1-27(2)24(16-20-9-6-10-21(25)15-20)13-11-22(12-14-24)26-23(28)18-29-17-19-7-4-3-5-8-19;1-18(29-21-10-5-4-6-11-21)23(28)26-20-13-15-24(16-14-20,27(2)3)17-19-9-7-8-12-22(19)25/h3-10,15,22H,11-14,16-18H2,1-2H3,(H,26,28);4-12,18,20H,13-17H2,1-3H3,(H,26,28). The normalized spacial score (nSPS) is 22.4. The molecule has 2 aliphatic carbocycles. The van der Waals surface area contributed by atoms with E-state index in [9.17, 15) is 14.0 Å². The van der Waals surface area contributed by atoms with Crippen molar-refractivity contribution in [3.8, 4) is 5.75 Å². The van der Waals surface area contributed by atoms with Crippen LogP contribution in [0.5, 0.6) is 5.75 Å². The number of likely N-dealkylation sites (N-methyl/N-ethyl adjacent to an activating group) is 2. The molecule has 58 heavy (non-hydrogen) atoms. The van der Waals surface area contributed by atoms with Gasteiger partial charge in [0.05, 0.1) is 5.75 Å². The first-order valence-electron chi connectivity index (χ1n) is 20.6. The lowest BCUT2D eigenvalue weighted by atomic mass is 9.74. The summed E-state index contributed by atoms with van der Waals surface area (Å²) in [7, 11) is 8.47. The Morgan fingerprint density at radius 3 is 1.86 bits per heavy atom. The number of hydrogen-bond acceptors (Lipinski definition) is 6. The molecule has 2 aliphatic rings. The van der Waals surface area contributed by atoms with Crippen LogP contribution in [0.4, 0.5) is 4.39 Å². The average Bonchev–Trinajstić information content (AvgIpc) is 3.21. The van der Waals surface area contributed by atoms with E-state index in [2.05, 4.69) is 72.9 Å². The Labute approximate surface area is 355 Å². The number of ether oxygens (including phenoxy) is 1. The smallest absolute Gasteiger partial charge is 0.260 e. The van der Waals surface area contributed by atoms with Gasteiger partial charge in [0.15, 0.2) is 6.10 Å². The highest BCUT2D eigenvalue weighted by Gasteiger charge is 2.39. The molecular weight excluding hydrogens is 767 g/mol. The predicted molar refractivity (Wildman–Crippen MR) is 238 cm³/mol. The van der Waals surface area contributed by atoms with Crippen LogP contribution in [0, 0.1) is 5.82 Å². The summed E-state index contributed by atoms with van der Waals surface area (Å²) in [4.78, 5) is 29.5. The monoisotopic (exact) mass is 828 g/mol. The third-order valence-electron chi connectivity index (χ3n) is 12.1. The van der Waals surface area contributed by atoms with E-state index >= 15 is 0 Å². The molecular formula is C48H62ClFN4O3S. The summed E-state index contributed by atoms with van der Waals surface area (Å²) in [6.45, 7) is 1.77. The molecule has 2 fully saturated rings. The van der Waals surface area contributed by atoms with Crippen molar-refractivity contribution in [3.05, 3.63) is 137 Å². The predicted octanol–water partition coefficient (Wildman–Crippen LogP) is 9.37. The van der Waals surface area contributed by atoms with Gasteiger partial charge >= 0.3 is 0 Å². The molecule has 6 rings (SSSR count). The van der Waals surface area contributed by atoms with Gasteiger partial charge in [-0.05, 0) is 146 Å². The molecule has 1 unspecified atom stereocenters. The Balaban J connectivity index is 0.000000221. The number of carbonyl (C=O) groups excluding carboxylic acids is 2. The number of halogens is 2. The summed E-state index contributed by atoms with van der Waals surface area (Å²) in [5.41, 5.74) is 3.35. The van der Waals surface area contributed by atoms with Gasteiger partial charge in [-0.2, -0.15) is 0 Å². The maximum atomic E-state index is 14.2.